The summed E-state index contributed by atoms with van der Waals surface area (Å²) in [5, 5.41) is 8.78. The summed E-state index contributed by atoms with van der Waals surface area (Å²) in [4.78, 5) is 3.37. The number of rotatable bonds is 5. The Morgan fingerprint density at radius 1 is 1.38 bits per heavy atom. The van der Waals surface area contributed by atoms with Crippen molar-refractivity contribution in [3.63, 3.8) is 0 Å². The Morgan fingerprint density at radius 2 is 2.00 bits per heavy atom. The molecule has 0 bridgehead atoms. The van der Waals surface area contributed by atoms with Crippen LogP contribution in [0.15, 0.2) is 29.2 Å². The lowest BCUT2D eigenvalue weighted by atomic mass is 10.1. The van der Waals surface area contributed by atoms with Crippen LogP contribution >= 0.6 is 11.8 Å². The van der Waals surface area contributed by atoms with Gasteiger partial charge in [-0.05, 0) is 44.3 Å². The lowest BCUT2D eigenvalue weighted by Gasteiger charge is -2.18. The molecule has 1 rings (SSSR count). The summed E-state index contributed by atoms with van der Waals surface area (Å²) in [7, 11) is 1.99. The molecule has 3 heteroatoms. The molecule has 0 radical (unpaired) electrons. The van der Waals surface area contributed by atoms with Crippen LogP contribution in [0, 0.1) is 11.3 Å². The zero-order valence-corrected chi connectivity index (χ0v) is 10.9. The summed E-state index contributed by atoms with van der Waals surface area (Å²) in [6, 6.07) is 10.9. The van der Waals surface area contributed by atoms with E-state index in [0.717, 1.165) is 13.0 Å². The van der Waals surface area contributed by atoms with Crippen molar-refractivity contribution in [3.8, 4) is 6.07 Å². The first-order valence-corrected chi connectivity index (χ1v) is 6.62. The van der Waals surface area contributed by atoms with Crippen LogP contribution in [0.25, 0.3) is 0 Å². The molecule has 1 aromatic carbocycles. The molecule has 86 valence electrons. The SMILES string of the molecule is CSc1ccc(CCN(C)C(C)C#N)cc1. The molecule has 1 unspecified atom stereocenters. The lowest BCUT2D eigenvalue weighted by Crippen LogP contribution is -2.29. The van der Waals surface area contributed by atoms with E-state index in [2.05, 4.69) is 41.5 Å². The monoisotopic (exact) mass is 234 g/mol. The molecule has 0 saturated carbocycles. The van der Waals surface area contributed by atoms with Crippen molar-refractivity contribution in [1.82, 2.24) is 4.90 Å². The highest BCUT2D eigenvalue weighted by molar-refractivity contribution is 7.98. The summed E-state index contributed by atoms with van der Waals surface area (Å²) in [5.74, 6) is 0. The topological polar surface area (TPSA) is 27.0 Å². The Bertz CT molecular complexity index is 353. The van der Waals surface area contributed by atoms with Crippen molar-refractivity contribution >= 4 is 11.8 Å². The molecular formula is C13H18N2S. The van der Waals surface area contributed by atoms with Gasteiger partial charge in [0.15, 0.2) is 0 Å². The molecule has 0 saturated heterocycles. The fourth-order valence-corrected chi connectivity index (χ4v) is 1.80. The smallest absolute Gasteiger partial charge is 0.0946 e. The summed E-state index contributed by atoms with van der Waals surface area (Å²) in [5.41, 5.74) is 1.33. The van der Waals surface area contributed by atoms with Crippen molar-refractivity contribution in [1.29, 1.82) is 5.26 Å². The van der Waals surface area contributed by atoms with E-state index in [1.165, 1.54) is 10.5 Å². The highest BCUT2D eigenvalue weighted by Crippen LogP contribution is 2.15. The van der Waals surface area contributed by atoms with Crippen molar-refractivity contribution in [3.05, 3.63) is 29.8 Å². The Balaban J connectivity index is 2.46. The lowest BCUT2D eigenvalue weighted by molar-refractivity contribution is 0.306. The molecule has 0 amide bonds. The van der Waals surface area contributed by atoms with Crippen LogP contribution in [0.2, 0.25) is 0 Å². The minimum atomic E-state index is -0.00882. The van der Waals surface area contributed by atoms with Gasteiger partial charge < -0.3 is 0 Å². The van der Waals surface area contributed by atoms with Gasteiger partial charge >= 0.3 is 0 Å². The fourth-order valence-electron chi connectivity index (χ4n) is 1.39. The van der Waals surface area contributed by atoms with Crippen LogP contribution in [0.1, 0.15) is 12.5 Å². The van der Waals surface area contributed by atoms with Crippen LogP contribution in [-0.2, 0) is 6.42 Å². The number of hydrogen-bond acceptors (Lipinski definition) is 3. The molecule has 0 aliphatic rings. The van der Waals surface area contributed by atoms with Gasteiger partial charge in [0, 0.05) is 11.4 Å². The van der Waals surface area contributed by atoms with Crippen molar-refractivity contribution < 1.29 is 0 Å². The average Bonchev–Trinajstić information content (AvgIpc) is 2.35. The van der Waals surface area contributed by atoms with Crippen LogP contribution in [0.5, 0.6) is 0 Å². The fraction of sp³-hybridized carbons (Fsp3) is 0.462. The molecule has 0 fully saturated rings. The first kappa shape index (κ1) is 13.1. The van der Waals surface area contributed by atoms with Gasteiger partial charge in [-0.1, -0.05) is 12.1 Å². The number of nitriles is 1. The second-order valence-corrected chi connectivity index (χ2v) is 4.76. The van der Waals surface area contributed by atoms with E-state index in [-0.39, 0.29) is 6.04 Å². The van der Waals surface area contributed by atoms with E-state index < -0.39 is 0 Å². The summed E-state index contributed by atoms with van der Waals surface area (Å²) >= 11 is 1.76. The van der Waals surface area contributed by atoms with Crippen LogP contribution in [-0.4, -0.2) is 30.8 Å². The second-order valence-electron chi connectivity index (χ2n) is 3.88. The third-order valence-corrected chi connectivity index (χ3v) is 3.50. The van der Waals surface area contributed by atoms with Gasteiger partial charge in [-0.15, -0.1) is 11.8 Å². The van der Waals surface area contributed by atoms with Crippen molar-refractivity contribution in [2.75, 3.05) is 19.8 Å². The second kappa shape index (κ2) is 6.57. The number of benzene rings is 1. The Labute approximate surface area is 102 Å². The average molecular weight is 234 g/mol. The van der Waals surface area contributed by atoms with E-state index >= 15 is 0 Å². The number of hydrogen-bond donors (Lipinski definition) is 0. The van der Waals surface area contributed by atoms with E-state index in [4.69, 9.17) is 5.26 Å². The number of thioether (sulfide) groups is 1. The first-order chi connectivity index (χ1) is 7.67. The maximum atomic E-state index is 8.78. The van der Waals surface area contributed by atoms with Gasteiger partial charge in [0.05, 0.1) is 12.1 Å². The molecule has 16 heavy (non-hydrogen) atoms. The third-order valence-electron chi connectivity index (χ3n) is 2.76. The third kappa shape index (κ3) is 3.88. The zero-order valence-electron chi connectivity index (χ0n) is 10.1. The summed E-state index contributed by atoms with van der Waals surface area (Å²) < 4.78 is 0. The normalized spacial score (nSPS) is 12.4. The quantitative estimate of drug-likeness (QED) is 0.733. The van der Waals surface area contributed by atoms with Gasteiger partial charge in [0.25, 0.3) is 0 Å². The van der Waals surface area contributed by atoms with Crippen LogP contribution in [0.3, 0.4) is 0 Å². The standard InChI is InChI=1S/C13H18N2S/c1-11(10-14)15(2)9-8-12-4-6-13(16-3)7-5-12/h4-7,11H,8-9H2,1-3H3. The van der Waals surface area contributed by atoms with Gasteiger partial charge in [-0.3, -0.25) is 4.90 Å². The van der Waals surface area contributed by atoms with Crippen LogP contribution < -0.4 is 0 Å². The molecule has 0 aliphatic heterocycles. The molecule has 1 aromatic rings. The first-order valence-electron chi connectivity index (χ1n) is 5.40. The van der Waals surface area contributed by atoms with Crippen molar-refractivity contribution in [2.45, 2.75) is 24.3 Å². The number of nitrogens with zero attached hydrogens (tertiary/aromatic N) is 2. The summed E-state index contributed by atoms with van der Waals surface area (Å²) in [6.07, 6.45) is 3.08. The molecule has 0 aromatic heterocycles. The van der Waals surface area contributed by atoms with Gasteiger partial charge in [-0.25, -0.2) is 0 Å². The summed E-state index contributed by atoms with van der Waals surface area (Å²) in [6.45, 7) is 2.85. The molecule has 0 spiro atoms. The molecule has 0 heterocycles. The van der Waals surface area contributed by atoms with E-state index in [0.29, 0.717) is 0 Å². The van der Waals surface area contributed by atoms with Crippen molar-refractivity contribution in [2.24, 2.45) is 0 Å². The highest BCUT2D eigenvalue weighted by atomic mass is 32.2. The molecule has 1 atom stereocenters. The molecule has 0 N–H and O–H groups in total. The Kier molecular flexibility index (Phi) is 5.37. The molecule has 0 aliphatic carbocycles. The van der Waals surface area contributed by atoms with Crippen LogP contribution in [0.4, 0.5) is 0 Å². The Morgan fingerprint density at radius 3 is 2.50 bits per heavy atom. The maximum absolute atomic E-state index is 8.78. The van der Waals surface area contributed by atoms with Gasteiger partial charge in [-0.2, -0.15) is 5.26 Å². The predicted octanol–water partition coefficient (Wildman–Crippen LogP) is 2.79. The number of likely N-dealkylation sites (N-methyl/N-ethyl adjacent to an activating group) is 1. The molecule has 2 nitrogen and oxygen atoms in total. The highest BCUT2D eigenvalue weighted by Gasteiger charge is 2.06. The minimum Gasteiger partial charge on any atom is -0.291 e. The Hall–Kier alpha value is -0.980. The van der Waals surface area contributed by atoms with E-state index in [1.807, 2.05) is 14.0 Å². The minimum absolute atomic E-state index is 0.00882. The van der Waals surface area contributed by atoms with E-state index in [9.17, 15) is 0 Å². The maximum Gasteiger partial charge on any atom is 0.0946 e. The zero-order chi connectivity index (χ0) is 12.0. The van der Waals surface area contributed by atoms with Gasteiger partial charge in [0.1, 0.15) is 0 Å². The van der Waals surface area contributed by atoms with Gasteiger partial charge in [0.2, 0.25) is 0 Å². The van der Waals surface area contributed by atoms with E-state index in [1.54, 1.807) is 11.8 Å². The largest absolute Gasteiger partial charge is 0.291 e. The molecular weight excluding hydrogens is 216 g/mol. The predicted molar refractivity (Wildman–Crippen MR) is 69.6 cm³/mol.